The van der Waals surface area contributed by atoms with Gasteiger partial charge in [-0.15, -0.1) is 0 Å². The first-order chi connectivity index (χ1) is 9.53. The minimum absolute atomic E-state index is 0.0939. The van der Waals surface area contributed by atoms with Gasteiger partial charge in [-0.3, -0.25) is 0 Å². The van der Waals surface area contributed by atoms with Gasteiger partial charge in [0.25, 0.3) is 0 Å². The van der Waals surface area contributed by atoms with Gasteiger partial charge in [0.05, 0.1) is 6.42 Å². The maximum Gasteiger partial charge on any atom is 0.390 e. The van der Waals surface area contributed by atoms with Crippen molar-refractivity contribution >= 4 is 0 Å². The van der Waals surface area contributed by atoms with Crippen LogP contribution in [0.25, 0.3) is 0 Å². The quantitative estimate of drug-likeness (QED) is 0.828. The summed E-state index contributed by atoms with van der Waals surface area (Å²) in [6.45, 7) is 7.64. The molecule has 0 bridgehead atoms. The molecule has 0 radical (unpaired) electrons. The fourth-order valence-corrected chi connectivity index (χ4v) is 3.44. The lowest BCUT2D eigenvalue weighted by Gasteiger charge is -2.43. The highest BCUT2D eigenvalue weighted by molar-refractivity contribution is 4.89. The highest BCUT2D eigenvalue weighted by Gasteiger charge is 2.36. The molecule has 0 aromatic carbocycles. The molecule has 1 aliphatic carbocycles. The van der Waals surface area contributed by atoms with Crippen molar-refractivity contribution in [2.75, 3.05) is 27.2 Å². The maximum absolute atomic E-state index is 12.3. The van der Waals surface area contributed by atoms with Crippen molar-refractivity contribution in [3.63, 3.8) is 0 Å². The van der Waals surface area contributed by atoms with Gasteiger partial charge in [0, 0.05) is 19.1 Å². The number of halogens is 3. The lowest BCUT2D eigenvalue weighted by Crippen LogP contribution is -2.46. The summed E-state index contributed by atoms with van der Waals surface area (Å²) in [5, 5.41) is 3.35. The SMILES string of the molecule is CNC1CCC(C(C)(C)C)CC1CN(C)CCC(F)(F)F. The van der Waals surface area contributed by atoms with Crippen LogP contribution in [0.4, 0.5) is 13.2 Å². The monoisotopic (exact) mass is 308 g/mol. The lowest BCUT2D eigenvalue weighted by atomic mass is 9.67. The first-order valence-corrected chi connectivity index (χ1v) is 7.95. The van der Waals surface area contributed by atoms with Gasteiger partial charge in [-0.2, -0.15) is 13.2 Å². The molecule has 126 valence electrons. The molecule has 1 aliphatic rings. The molecule has 1 fully saturated rings. The van der Waals surface area contributed by atoms with Crippen LogP contribution in [0.5, 0.6) is 0 Å². The molecular formula is C16H31F3N2. The van der Waals surface area contributed by atoms with Crippen molar-refractivity contribution in [1.82, 2.24) is 10.2 Å². The summed E-state index contributed by atoms with van der Waals surface area (Å²) in [5.74, 6) is 1.09. The Balaban J connectivity index is 2.55. The molecule has 3 unspecified atom stereocenters. The Labute approximate surface area is 127 Å². The van der Waals surface area contributed by atoms with Crippen LogP contribution in [0.3, 0.4) is 0 Å². The van der Waals surface area contributed by atoms with E-state index in [1.54, 1.807) is 7.05 Å². The molecule has 0 aliphatic heterocycles. The third-order valence-corrected chi connectivity index (χ3v) is 4.90. The van der Waals surface area contributed by atoms with Crippen molar-refractivity contribution in [1.29, 1.82) is 0 Å². The van der Waals surface area contributed by atoms with E-state index in [9.17, 15) is 13.2 Å². The molecule has 0 amide bonds. The fourth-order valence-electron chi connectivity index (χ4n) is 3.44. The van der Waals surface area contributed by atoms with Crippen LogP contribution < -0.4 is 5.32 Å². The zero-order valence-corrected chi connectivity index (χ0v) is 14.1. The van der Waals surface area contributed by atoms with Crippen LogP contribution in [-0.4, -0.2) is 44.3 Å². The largest absolute Gasteiger partial charge is 0.390 e. The molecule has 3 atom stereocenters. The minimum atomic E-state index is -4.06. The topological polar surface area (TPSA) is 15.3 Å². The molecule has 0 aromatic heterocycles. The van der Waals surface area contributed by atoms with Gasteiger partial charge in [-0.1, -0.05) is 20.8 Å². The van der Waals surface area contributed by atoms with Crippen LogP contribution in [-0.2, 0) is 0 Å². The van der Waals surface area contributed by atoms with Gasteiger partial charge in [0.1, 0.15) is 0 Å². The smallest absolute Gasteiger partial charge is 0.317 e. The molecule has 1 saturated carbocycles. The highest BCUT2D eigenvalue weighted by atomic mass is 19.4. The standard InChI is InChI=1S/C16H31F3N2/c1-15(2,3)13-6-7-14(20-4)12(10-13)11-21(5)9-8-16(17,18)19/h12-14,20H,6-11H2,1-5H3. The van der Waals surface area contributed by atoms with Gasteiger partial charge in [-0.25, -0.2) is 0 Å². The second-order valence-electron chi connectivity index (χ2n) is 7.66. The summed E-state index contributed by atoms with van der Waals surface area (Å²) >= 11 is 0. The molecular weight excluding hydrogens is 277 g/mol. The van der Waals surface area contributed by atoms with E-state index in [1.807, 2.05) is 11.9 Å². The Hall–Kier alpha value is -0.290. The van der Waals surface area contributed by atoms with E-state index < -0.39 is 12.6 Å². The van der Waals surface area contributed by atoms with Crippen molar-refractivity contribution in [3.8, 4) is 0 Å². The van der Waals surface area contributed by atoms with Crippen LogP contribution in [0.2, 0.25) is 0 Å². The van der Waals surface area contributed by atoms with Crippen LogP contribution in [0.15, 0.2) is 0 Å². The summed E-state index contributed by atoms with van der Waals surface area (Å²) in [7, 11) is 3.77. The van der Waals surface area contributed by atoms with E-state index in [1.165, 1.54) is 6.42 Å². The van der Waals surface area contributed by atoms with Crippen LogP contribution in [0.1, 0.15) is 46.5 Å². The number of rotatable bonds is 5. The van der Waals surface area contributed by atoms with E-state index in [4.69, 9.17) is 0 Å². The lowest BCUT2D eigenvalue weighted by molar-refractivity contribution is -0.137. The molecule has 21 heavy (non-hydrogen) atoms. The summed E-state index contributed by atoms with van der Waals surface area (Å²) in [6, 6.07) is 0.428. The predicted molar refractivity (Wildman–Crippen MR) is 81.3 cm³/mol. The molecule has 2 nitrogen and oxygen atoms in total. The molecule has 0 saturated heterocycles. The average Bonchev–Trinajstić information content (AvgIpc) is 2.34. The predicted octanol–water partition coefficient (Wildman–Crippen LogP) is 3.92. The second-order valence-corrected chi connectivity index (χ2v) is 7.66. The summed E-state index contributed by atoms with van der Waals surface area (Å²) in [6.07, 6.45) is -1.35. The van der Waals surface area contributed by atoms with Crippen molar-refractivity contribution in [3.05, 3.63) is 0 Å². The average molecular weight is 308 g/mol. The summed E-state index contributed by atoms with van der Waals surface area (Å²) < 4.78 is 37.0. The molecule has 1 rings (SSSR count). The fraction of sp³-hybridized carbons (Fsp3) is 1.00. The van der Waals surface area contributed by atoms with Crippen molar-refractivity contribution in [2.24, 2.45) is 17.3 Å². The molecule has 0 aromatic rings. The maximum atomic E-state index is 12.3. The third-order valence-electron chi connectivity index (χ3n) is 4.90. The van der Waals surface area contributed by atoms with Gasteiger partial charge in [0.2, 0.25) is 0 Å². The highest BCUT2D eigenvalue weighted by Crippen LogP contribution is 2.40. The molecule has 1 N–H and O–H groups in total. The van der Waals surface area contributed by atoms with E-state index in [2.05, 4.69) is 26.1 Å². The Morgan fingerprint density at radius 2 is 1.76 bits per heavy atom. The third kappa shape index (κ3) is 6.55. The number of nitrogens with one attached hydrogen (secondary N) is 1. The van der Waals surface area contributed by atoms with Crippen molar-refractivity contribution < 1.29 is 13.2 Å². The molecule has 0 spiro atoms. The van der Waals surface area contributed by atoms with Gasteiger partial charge >= 0.3 is 6.18 Å². The second kappa shape index (κ2) is 7.32. The normalized spacial score (nSPS) is 28.1. The van der Waals surface area contributed by atoms with E-state index in [0.29, 0.717) is 17.9 Å². The van der Waals surface area contributed by atoms with Gasteiger partial charge in [-0.05, 0) is 50.6 Å². The number of hydrogen-bond donors (Lipinski definition) is 1. The Morgan fingerprint density at radius 3 is 2.24 bits per heavy atom. The first kappa shape index (κ1) is 18.8. The number of hydrogen-bond acceptors (Lipinski definition) is 2. The summed E-state index contributed by atoms with van der Waals surface area (Å²) in [4.78, 5) is 1.84. The molecule has 5 heteroatoms. The zero-order chi connectivity index (χ0) is 16.3. The number of nitrogens with zero attached hydrogens (tertiary/aromatic N) is 1. The van der Waals surface area contributed by atoms with E-state index in [0.717, 1.165) is 19.4 Å². The first-order valence-electron chi connectivity index (χ1n) is 7.95. The minimum Gasteiger partial charge on any atom is -0.317 e. The van der Waals surface area contributed by atoms with E-state index in [-0.39, 0.29) is 12.0 Å². The Morgan fingerprint density at radius 1 is 1.14 bits per heavy atom. The van der Waals surface area contributed by atoms with Crippen molar-refractivity contribution in [2.45, 2.75) is 58.7 Å². The van der Waals surface area contributed by atoms with Crippen LogP contribution in [0, 0.1) is 17.3 Å². The Kier molecular flexibility index (Phi) is 6.54. The number of alkyl halides is 3. The van der Waals surface area contributed by atoms with E-state index >= 15 is 0 Å². The zero-order valence-electron chi connectivity index (χ0n) is 14.1. The Bertz CT molecular complexity index is 310. The van der Waals surface area contributed by atoms with Gasteiger partial charge < -0.3 is 10.2 Å². The van der Waals surface area contributed by atoms with Crippen LogP contribution >= 0.6 is 0 Å². The van der Waals surface area contributed by atoms with Gasteiger partial charge in [0.15, 0.2) is 0 Å². The molecule has 0 heterocycles. The summed E-state index contributed by atoms with van der Waals surface area (Å²) in [5.41, 5.74) is 0.279.